The van der Waals surface area contributed by atoms with Gasteiger partial charge in [0.2, 0.25) is 0 Å². The van der Waals surface area contributed by atoms with Crippen LogP contribution in [0.2, 0.25) is 0 Å². The molecule has 2 aliphatic carbocycles. The van der Waals surface area contributed by atoms with Crippen LogP contribution < -0.4 is 0 Å². The molecule has 0 nitrogen and oxygen atoms in total. The Bertz CT molecular complexity index is 423. The molecule has 0 aromatic heterocycles. The number of allylic oxidation sites excluding steroid dienone is 4. The zero-order valence-electron chi connectivity index (χ0n) is 14.0. The molecular formula is C20H32. The van der Waals surface area contributed by atoms with Crippen molar-refractivity contribution in [3.05, 3.63) is 36.5 Å². The third-order valence-electron chi connectivity index (χ3n) is 6.32. The Kier molecular flexibility index (Phi) is 4.33. The molecular weight excluding hydrogens is 240 g/mol. The van der Waals surface area contributed by atoms with E-state index in [4.69, 9.17) is 0 Å². The average molecular weight is 272 g/mol. The Morgan fingerprint density at radius 1 is 1.30 bits per heavy atom. The fraction of sp³-hybridized carbons (Fsp3) is 0.700. The first-order valence-corrected chi connectivity index (χ1v) is 8.28. The van der Waals surface area contributed by atoms with Gasteiger partial charge in [-0.05, 0) is 61.7 Å². The molecule has 0 amide bonds. The monoisotopic (exact) mass is 272 g/mol. The summed E-state index contributed by atoms with van der Waals surface area (Å²) < 4.78 is 0. The van der Waals surface area contributed by atoms with Crippen LogP contribution in [0.1, 0.15) is 66.2 Å². The molecule has 0 saturated heterocycles. The van der Waals surface area contributed by atoms with Gasteiger partial charge in [0.1, 0.15) is 0 Å². The van der Waals surface area contributed by atoms with E-state index >= 15 is 0 Å². The molecule has 0 N–H and O–H groups in total. The predicted molar refractivity (Wildman–Crippen MR) is 89.7 cm³/mol. The second kappa shape index (κ2) is 5.54. The lowest BCUT2D eigenvalue weighted by Crippen LogP contribution is -2.49. The van der Waals surface area contributed by atoms with Crippen LogP contribution in [0.3, 0.4) is 0 Å². The fourth-order valence-electron chi connectivity index (χ4n) is 5.10. The number of hydrogen-bond donors (Lipinski definition) is 0. The molecule has 0 heteroatoms. The molecule has 20 heavy (non-hydrogen) atoms. The maximum atomic E-state index is 4.43. The summed E-state index contributed by atoms with van der Waals surface area (Å²) >= 11 is 0. The zero-order valence-corrected chi connectivity index (χ0v) is 14.0. The summed E-state index contributed by atoms with van der Waals surface area (Å²) in [7, 11) is 0. The molecule has 2 rings (SSSR count). The largest absolute Gasteiger partial charge is 0.0995 e. The fourth-order valence-corrected chi connectivity index (χ4v) is 5.10. The van der Waals surface area contributed by atoms with Crippen molar-refractivity contribution in [2.75, 3.05) is 0 Å². The van der Waals surface area contributed by atoms with Crippen molar-refractivity contribution in [3.8, 4) is 0 Å². The SMILES string of the molecule is C=C/C(C)=C\C[C@@H]1C(=C)CCC2C(C)(C)CCC[C@]21C. The van der Waals surface area contributed by atoms with Crippen LogP contribution in [-0.2, 0) is 0 Å². The van der Waals surface area contributed by atoms with Crippen LogP contribution in [0.25, 0.3) is 0 Å². The van der Waals surface area contributed by atoms with Crippen LogP contribution in [-0.4, -0.2) is 0 Å². The van der Waals surface area contributed by atoms with E-state index in [1.54, 1.807) is 0 Å². The van der Waals surface area contributed by atoms with Crippen molar-refractivity contribution in [2.24, 2.45) is 22.7 Å². The Labute approximate surface area is 126 Å². The molecule has 2 fully saturated rings. The van der Waals surface area contributed by atoms with Gasteiger partial charge in [-0.25, -0.2) is 0 Å². The second-order valence-corrected chi connectivity index (χ2v) is 8.04. The van der Waals surface area contributed by atoms with E-state index in [1.165, 1.54) is 43.3 Å². The standard InChI is InChI=1S/C20H32/c1-7-15(2)9-11-17-16(3)10-12-18-19(4,5)13-8-14-20(17,18)6/h7,9,17-18H,1,3,8,10-14H2,2,4-6H3/b15-9-/t17-,18?,20+/m1/s1. The Morgan fingerprint density at radius 2 is 2.00 bits per heavy atom. The van der Waals surface area contributed by atoms with Gasteiger partial charge in [-0.3, -0.25) is 0 Å². The first kappa shape index (κ1) is 15.6. The van der Waals surface area contributed by atoms with Crippen LogP contribution >= 0.6 is 0 Å². The second-order valence-electron chi connectivity index (χ2n) is 8.04. The van der Waals surface area contributed by atoms with Crippen molar-refractivity contribution >= 4 is 0 Å². The molecule has 112 valence electrons. The lowest BCUT2D eigenvalue weighted by Gasteiger charge is -2.58. The van der Waals surface area contributed by atoms with E-state index in [0.717, 1.165) is 12.3 Å². The normalized spacial score (nSPS) is 37.4. The molecule has 3 atom stereocenters. The summed E-state index contributed by atoms with van der Waals surface area (Å²) in [5.41, 5.74) is 3.76. The van der Waals surface area contributed by atoms with E-state index in [0.29, 0.717) is 16.7 Å². The first-order chi connectivity index (χ1) is 9.31. The summed E-state index contributed by atoms with van der Waals surface area (Å²) in [5.74, 6) is 1.52. The number of hydrogen-bond acceptors (Lipinski definition) is 0. The Hall–Kier alpha value is -0.780. The molecule has 2 saturated carbocycles. The van der Waals surface area contributed by atoms with E-state index in [9.17, 15) is 0 Å². The van der Waals surface area contributed by atoms with Gasteiger partial charge in [0.05, 0.1) is 0 Å². The Morgan fingerprint density at radius 3 is 2.65 bits per heavy atom. The maximum Gasteiger partial charge on any atom is -0.0114 e. The van der Waals surface area contributed by atoms with Crippen molar-refractivity contribution < 1.29 is 0 Å². The van der Waals surface area contributed by atoms with Crippen molar-refractivity contribution in [1.29, 1.82) is 0 Å². The molecule has 0 aromatic carbocycles. The van der Waals surface area contributed by atoms with Gasteiger partial charge in [0.15, 0.2) is 0 Å². The van der Waals surface area contributed by atoms with Crippen LogP contribution in [0.15, 0.2) is 36.5 Å². The Balaban J connectivity index is 2.28. The summed E-state index contributed by atoms with van der Waals surface area (Å²) in [6.45, 7) is 18.0. The molecule has 0 heterocycles. The predicted octanol–water partition coefficient (Wildman–Crippen LogP) is 6.31. The zero-order chi connectivity index (χ0) is 15.0. The third-order valence-corrected chi connectivity index (χ3v) is 6.32. The number of rotatable bonds is 3. The van der Waals surface area contributed by atoms with E-state index in [1.807, 2.05) is 6.08 Å². The molecule has 0 radical (unpaired) electrons. The third kappa shape index (κ3) is 2.67. The lowest BCUT2D eigenvalue weighted by atomic mass is 9.47. The van der Waals surface area contributed by atoms with Crippen molar-refractivity contribution in [1.82, 2.24) is 0 Å². The van der Waals surface area contributed by atoms with Crippen LogP contribution in [0.4, 0.5) is 0 Å². The van der Waals surface area contributed by atoms with Gasteiger partial charge in [-0.2, -0.15) is 0 Å². The van der Waals surface area contributed by atoms with Gasteiger partial charge in [-0.1, -0.05) is 63.6 Å². The van der Waals surface area contributed by atoms with Gasteiger partial charge in [0, 0.05) is 0 Å². The van der Waals surface area contributed by atoms with E-state index in [2.05, 4.69) is 46.9 Å². The summed E-state index contributed by atoms with van der Waals surface area (Å²) in [5, 5.41) is 0. The van der Waals surface area contributed by atoms with E-state index < -0.39 is 0 Å². The maximum absolute atomic E-state index is 4.43. The van der Waals surface area contributed by atoms with Crippen LogP contribution in [0, 0.1) is 22.7 Å². The molecule has 0 aromatic rings. The minimum atomic E-state index is 0.453. The minimum Gasteiger partial charge on any atom is -0.0995 e. The van der Waals surface area contributed by atoms with Gasteiger partial charge in [-0.15, -0.1) is 0 Å². The smallest absolute Gasteiger partial charge is 0.0114 e. The topological polar surface area (TPSA) is 0 Å². The first-order valence-electron chi connectivity index (χ1n) is 8.28. The molecule has 0 spiro atoms. The summed E-state index contributed by atoms with van der Waals surface area (Å²) in [6, 6.07) is 0. The van der Waals surface area contributed by atoms with Crippen LogP contribution in [0.5, 0.6) is 0 Å². The summed E-state index contributed by atoms with van der Waals surface area (Å²) in [6.07, 6.45) is 12.2. The van der Waals surface area contributed by atoms with Gasteiger partial charge in [0.25, 0.3) is 0 Å². The highest BCUT2D eigenvalue weighted by atomic mass is 14.6. The quantitative estimate of drug-likeness (QED) is 0.417. The summed E-state index contributed by atoms with van der Waals surface area (Å²) in [4.78, 5) is 0. The highest BCUT2D eigenvalue weighted by molar-refractivity contribution is 5.20. The highest BCUT2D eigenvalue weighted by Gasteiger charge is 2.52. The highest BCUT2D eigenvalue weighted by Crippen LogP contribution is 2.61. The number of fused-ring (bicyclic) bond motifs is 1. The molecule has 0 bridgehead atoms. The molecule has 2 aliphatic rings. The van der Waals surface area contributed by atoms with Gasteiger partial charge < -0.3 is 0 Å². The molecule has 1 unspecified atom stereocenters. The van der Waals surface area contributed by atoms with Crippen molar-refractivity contribution in [3.63, 3.8) is 0 Å². The molecule has 0 aliphatic heterocycles. The lowest BCUT2D eigenvalue weighted by molar-refractivity contribution is -0.0510. The average Bonchev–Trinajstić information content (AvgIpc) is 2.36. The van der Waals surface area contributed by atoms with Crippen molar-refractivity contribution in [2.45, 2.75) is 66.2 Å². The van der Waals surface area contributed by atoms with E-state index in [-0.39, 0.29) is 0 Å². The minimum absolute atomic E-state index is 0.453. The van der Waals surface area contributed by atoms with Gasteiger partial charge >= 0.3 is 0 Å².